The highest BCUT2D eigenvalue weighted by Crippen LogP contribution is 2.16. The molecule has 3 aromatic rings. The number of ether oxygens (including phenoxy) is 1. The summed E-state index contributed by atoms with van der Waals surface area (Å²) >= 11 is 0. The largest absolute Gasteiger partial charge is 0.462 e. The van der Waals surface area contributed by atoms with Crippen LogP contribution >= 0.6 is 0 Å². The second-order valence-corrected chi connectivity index (χ2v) is 3.84. The standard InChI is InChI=1S/C13H11N3O2/c1-2-18-13(17)9-7-10-3-4-11-12(16(10)8-9)15-6-5-14-11/h3-8H,2H2,1H3. The number of carbonyl (C=O) groups is 1. The maximum absolute atomic E-state index is 11.7. The maximum Gasteiger partial charge on any atom is 0.339 e. The third-order valence-corrected chi connectivity index (χ3v) is 2.71. The fraction of sp³-hybridized carbons (Fsp3) is 0.154. The molecule has 3 aromatic heterocycles. The van der Waals surface area contributed by atoms with Crippen LogP contribution in [-0.4, -0.2) is 26.9 Å². The average Bonchev–Trinajstić information content (AvgIpc) is 2.83. The molecule has 3 heterocycles. The Morgan fingerprint density at radius 2 is 2.17 bits per heavy atom. The number of rotatable bonds is 2. The maximum atomic E-state index is 11.7. The van der Waals surface area contributed by atoms with Crippen molar-refractivity contribution in [1.82, 2.24) is 14.4 Å². The van der Waals surface area contributed by atoms with Crippen molar-refractivity contribution in [2.75, 3.05) is 6.61 Å². The van der Waals surface area contributed by atoms with E-state index in [1.165, 1.54) is 0 Å². The number of esters is 1. The molecule has 0 aliphatic carbocycles. The smallest absolute Gasteiger partial charge is 0.339 e. The Morgan fingerprint density at radius 3 is 3.00 bits per heavy atom. The molecule has 18 heavy (non-hydrogen) atoms. The van der Waals surface area contributed by atoms with Gasteiger partial charge in [-0.15, -0.1) is 0 Å². The summed E-state index contributed by atoms with van der Waals surface area (Å²) in [6.45, 7) is 2.15. The lowest BCUT2D eigenvalue weighted by Gasteiger charge is -1.99. The van der Waals surface area contributed by atoms with Crippen molar-refractivity contribution in [3.8, 4) is 0 Å². The fourth-order valence-electron chi connectivity index (χ4n) is 1.93. The second kappa shape index (κ2) is 4.10. The lowest BCUT2D eigenvalue weighted by Crippen LogP contribution is -2.02. The monoisotopic (exact) mass is 241 g/mol. The number of fused-ring (bicyclic) bond motifs is 3. The molecule has 5 nitrogen and oxygen atoms in total. The number of hydrogen-bond donors (Lipinski definition) is 0. The molecule has 90 valence electrons. The minimum atomic E-state index is -0.321. The van der Waals surface area contributed by atoms with Crippen LogP contribution in [0, 0.1) is 0 Å². The lowest BCUT2D eigenvalue weighted by atomic mass is 10.3. The van der Waals surface area contributed by atoms with E-state index in [1.807, 2.05) is 16.5 Å². The highest BCUT2D eigenvalue weighted by molar-refractivity contribution is 5.92. The third-order valence-electron chi connectivity index (χ3n) is 2.71. The van der Waals surface area contributed by atoms with Crippen LogP contribution in [-0.2, 0) is 4.74 Å². The van der Waals surface area contributed by atoms with Gasteiger partial charge in [0.2, 0.25) is 0 Å². The van der Waals surface area contributed by atoms with Crippen LogP contribution in [0.25, 0.3) is 16.7 Å². The molecule has 0 aliphatic rings. The van der Waals surface area contributed by atoms with E-state index in [2.05, 4.69) is 9.97 Å². The SMILES string of the molecule is CCOC(=O)c1cc2ccc3nccnc3n2c1. The summed E-state index contributed by atoms with van der Waals surface area (Å²) in [4.78, 5) is 20.2. The van der Waals surface area contributed by atoms with Crippen molar-refractivity contribution in [2.24, 2.45) is 0 Å². The van der Waals surface area contributed by atoms with Crippen LogP contribution in [0.1, 0.15) is 17.3 Å². The number of carbonyl (C=O) groups excluding carboxylic acids is 1. The topological polar surface area (TPSA) is 56.5 Å². The quantitative estimate of drug-likeness (QED) is 0.644. The highest BCUT2D eigenvalue weighted by Gasteiger charge is 2.11. The van der Waals surface area contributed by atoms with Gasteiger partial charge in [0, 0.05) is 24.1 Å². The number of pyridine rings is 1. The van der Waals surface area contributed by atoms with Gasteiger partial charge in [0.05, 0.1) is 12.2 Å². The Bertz CT molecular complexity index is 733. The summed E-state index contributed by atoms with van der Waals surface area (Å²) in [7, 11) is 0. The van der Waals surface area contributed by atoms with Gasteiger partial charge in [-0.3, -0.25) is 9.38 Å². The van der Waals surface area contributed by atoms with Gasteiger partial charge < -0.3 is 4.74 Å². The molecule has 0 atom stereocenters. The van der Waals surface area contributed by atoms with Crippen molar-refractivity contribution in [2.45, 2.75) is 6.92 Å². The van der Waals surface area contributed by atoms with Crippen molar-refractivity contribution >= 4 is 22.6 Å². The Morgan fingerprint density at radius 1 is 1.33 bits per heavy atom. The molecular weight excluding hydrogens is 230 g/mol. The predicted molar refractivity (Wildman–Crippen MR) is 66.4 cm³/mol. The minimum Gasteiger partial charge on any atom is -0.462 e. The van der Waals surface area contributed by atoms with Gasteiger partial charge in [-0.2, -0.15) is 0 Å². The molecule has 0 saturated heterocycles. The molecule has 0 fully saturated rings. The molecular formula is C13H11N3O2. The van der Waals surface area contributed by atoms with Gasteiger partial charge in [-0.1, -0.05) is 0 Å². The Kier molecular flexibility index (Phi) is 2.44. The molecule has 0 radical (unpaired) electrons. The summed E-state index contributed by atoms with van der Waals surface area (Å²) < 4.78 is 6.82. The second-order valence-electron chi connectivity index (χ2n) is 3.84. The van der Waals surface area contributed by atoms with Gasteiger partial charge in [0.15, 0.2) is 5.65 Å². The summed E-state index contributed by atoms with van der Waals surface area (Å²) in [5, 5.41) is 0. The zero-order valence-corrected chi connectivity index (χ0v) is 9.83. The van der Waals surface area contributed by atoms with Crippen LogP contribution in [0.2, 0.25) is 0 Å². The van der Waals surface area contributed by atoms with E-state index in [0.717, 1.165) is 16.7 Å². The molecule has 0 bridgehead atoms. The van der Waals surface area contributed by atoms with E-state index >= 15 is 0 Å². The van der Waals surface area contributed by atoms with Gasteiger partial charge in [-0.25, -0.2) is 9.78 Å². The van der Waals surface area contributed by atoms with E-state index in [4.69, 9.17) is 4.74 Å². The van der Waals surface area contributed by atoms with E-state index in [-0.39, 0.29) is 5.97 Å². The summed E-state index contributed by atoms with van der Waals surface area (Å²) in [5.41, 5.74) is 2.93. The first-order chi connectivity index (χ1) is 8.79. The lowest BCUT2D eigenvalue weighted by molar-refractivity contribution is 0.0526. The van der Waals surface area contributed by atoms with E-state index in [9.17, 15) is 4.79 Å². The molecule has 0 spiro atoms. The Hall–Kier alpha value is -2.43. The Balaban J connectivity index is 2.22. The van der Waals surface area contributed by atoms with Gasteiger partial charge in [0.25, 0.3) is 0 Å². The molecule has 0 aromatic carbocycles. The summed E-state index contributed by atoms with van der Waals surface area (Å²) in [6, 6.07) is 5.57. The summed E-state index contributed by atoms with van der Waals surface area (Å²) in [5.74, 6) is -0.321. The molecule has 3 rings (SSSR count). The van der Waals surface area contributed by atoms with Crippen LogP contribution < -0.4 is 0 Å². The van der Waals surface area contributed by atoms with E-state index in [0.29, 0.717) is 12.2 Å². The average molecular weight is 241 g/mol. The van der Waals surface area contributed by atoms with Crippen molar-refractivity contribution in [3.05, 3.63) is 42.4 Å². The normalized spacial score (nSPS) is 10.9. The summed E-state index contributed by atoms with van der Waals surface area (Å²) in [6.07, 6.45) is 5.00. The number of aromatic nitrogens is 3. The van der Waals surface area contributed by atoms with Crippen LogP contribution in [0.3, 0.4) is 0 Å². The van der Waals surface area contributed by atoms with Crippen LogP contribution in [0.4, 0.5) is 0 Å². The van der Waals surface area contributed by atoms with Crippen LogP contribution in [0.15, 0.2) is 36.8 Å². The van der Waals surface area contributed by atoms with E-state index < -0.39 is 0 Å². The van der Waals surface area contributed by atoms with Crippen LogP contribution in [0.5, 0.6) is 0 Å². The highest BCUT2D eigenvalue weighted by atomic mass is 16.5. The fourth-order valence-corrected chi connectivity index (χ4v) is 1.93. The van der Waals surface area contributed by atoms with Gasteiger partial charge >= 0.3 is 5.97 Å². The molecule has 0 unspecified atom stereocenters. The number of hydrogen-bond acceptors (Lipinski definition) is 4. The van der Waals surface area contributed by atoms with Gasteiger partial charge in [0.1, 0.15) is 5.52 Å². The molecule has 0 saturated carbocycles. The zero-order valence-electron chi connectivity index (χ0n) is 9.83. The first kappa shape index (κ1) is 10.7. The third kappa shape index (κ3) is 1.60. The molecule has 5 heteroatoms. The minimum absolute atomic E-state index is 0.321. The molecule has 0 N–H and O–H groups in total. The predicted octanol–water partition coefficient (Wildman–Crippen LogP) is 2.06. The molecule has 0 amide bonds. The zero-order chi connectivity index (χ0) is 12.5. The van der Waals surface area contributed by atoms with Crippen molar-refractivity contribution < 1.29 is 9.53 Å². The van der Waals surface area contributed by atoms with E-state index in [1.54, 1.807) is 31.6 Å². The first-order valence-electron chi connectivity index (χ1n) is 5.68. The Labute approximate surface area is 103 Å². The number of nitrogens with zero attached hydrogens (tertiary/aromatic N) is 3. The first-order valence-corrected chi connectivity index (χ1v) is 5.68. The van der Waals surface area contributed by atoms with Crippen molar-refractivity contribution in [3.63, 3.8) is 0 Å². The van der Waals surface area contributed by atoms with Gasteiger partial charge in [-0.05, 0) is 25.1 Å². The van der Waals surface area contributed by atoms with Crippen molar-refractivity contribution in [1.29, 1.82) is 0 Å². The molecule has 0 aliphatic heterocycles.